The van der Waals surface area contributed by atoms with Crippen LogP contribution in [0.5, 0.6) is 0 Å². The Balaban J connectivity index is 2.64. The topological polar surface area (TPSA) is 41.8 Å². The van der Waals surface area contributed by atoms with Crippen molar-refractivity contribution >= 4 is 26.8 Å². The lowest BCUT2D eigenvalue weighted by Gasteiger charge is -2.00. The van der Waals surface area contributed by atoms with Crippen LogP contribution in [0.15, 0.2) is 22.7 Å². The van der Waals surface area contributed by atoms with Crippen LogP contribution < -0.4 is 5.73 Å². The monoisotopic (exact) mass is 252 g/mol. The average Bonchev–Trinajstić information content (AvgIpc) is 2.58. The molecule has 3 N–H and O–H groups in total. The van der Waals surface area contributed by atoms with E-state index in [4.69, 9.17) is 5.73 Å². The summed E-state index contributed by atoms with van der Waals surface area (Å²) in [5.41, 5.74) is 9.16. The number of fused-ring (bicyclic) bond motifs is 1. The van der Waals surface area contributed by atoms with Gasteiger partial charge in [-0.05, 0) is 30.2 Å². The van der Waals surface area contributed by atoms with Crippen molar-refractivity contribution < 1.29 is 0 Å². The van der Waals surface area contributed by atoms with Gasteiger partial charge in [0.2, 0.25) is 0 Å². The van der Waals surface area contributed by atoms with Crippen molar-refractivity contribution in [2.24, 2.45) is 5.73 Å². The molecule has 0 spiro atoms. The van der Waals surface area contributed by atoms with E-state index >= 15 is 0 Å². The summed E-state index contributed by atoms with van der Waals surface area (Å²) in [6.07, 6.45) is 1.04. The predicted octanol–water partition coefficient (Wildman–Crippen LogP) is 2.95. The van der Waals surface area contributed by atoms with Gasteiger partial charge >= 0.3 is 0 Å². The zero-order chi connectivity index (χ0) is 10.1. The molecule has 0 fully saturated rings. The molecule has 0 saturated carbocycles. The Morgan fingerprint density at radius 2 is 2.14 bits per heavy atom. The second-order valence-electron chi connectivity index (χ2n) is 3.38. The fraction of sp³-hybridized carbons (Fsp3) is 0.273. The summed E-state index contributed by atoms with van der Waals surface area (Å²) in [6.45, 7) is 2.71. The Morgan fingerprint density at radius 1 is 1.36 bits per heavy atom. The van der Waals surface area contributed by atoms with Gasteiger partial charge in [-0.25, -0.2) is 0 Å². The molecule has 2 rings (SSSR count). The van der Waals surface area contributed by atoms with E-state index in [1.807, 2.05) is 0 Å². The number of nitrogens with one attached hydrogen (secondary N) is 1. The van der Waals surface area contributed by atoms with Crippen LogP contribution in [0.3, 0.4) is 0 Å². The van der Waals surface area contributed by atoms with Gasteiger partial charge in [-0.1, -0.05) is 22.9 Å². The molecule has 0 saturated heterocycles. The minimum Gasteiger partial charge on any atom is -0.357 e. The van der Waals surface area contributed by atoms with Crippen molar-refractivity contribution in [1.29, 1.82) is 0 Å². The van der Waals surface area contributed by atoms with Crippen molar-refractivity contribution in [2.45, 2.75) is 19.9 Å². The molecule has 0 radical (unpaired) electrons. The predicted molar refractivity (Wildman–Crippen MR) is 63.3 cm³/mol. The molecule has 3 heteroatoms. The van der Waals surface area contributed by atoms with Crippen molar-refractivity contribution in [3.63, 3.8) is 0 Å². The van der Waals surface area contributed by atoms with Crippen molar-refractivity contribution in [2.75, 3.05) is 0 Å². The quantitative estimate of drug-likeness (QED) is 0.848. The van der Waals surface area contributed by atoms with Gasteiger partial charge in [0.1, 0.15) is 0 Å². The number of benzene rings is 1. The van der Waals surface area contributed by atoms with Gasteiger partial charge in [0.05, 0.1) is 0 Å². The SMILES string of the molecule is CCc1cc2[nH]c(CN)cc2cc1Br. The van der Waals surface area contributed by atoms with Crippen molar-refractivity contribution in [3.8, 4) is 0 Å². The van der Waals surface area contributed by atoms with E-state index in [1.165, 1.54) is 20.9 Å². The number of halogens is 1. The number of rotatable bonds is 2. The molecule has 0 unspecified atom stereocenters. The molecule has 2 nitrogen and oxygen atoms in total. The molecule has 14 heavy (non-hydrogen) atoms. The zero-order valence-corrected chi connectivity index (χ0v) is 9.69. The van der Waals surface area contributed by atoms with E-state index in [-0.39, 0.29) is 0 Å². The number of hydrogen-bond donors (Lipinski definition) is 2. The Bertz CT molecular complexity index is 460. The van der Waals surface area contributed by atoms with Gasteiger partial charge in [-0.2, -0.15) is 0 Å². The van der Waals surface area contributed by atoms with Crippen LogP contribution in [0.4, 0.5) is 0 Å². The molecule has 0 amide bonds. The van der Waals surface area contributed by atoms with E-state index in [0.717, 1.165) is 12.1 Å². The Kier molecular flexibility index (Phi) is 2.61. The maximum Gasteiger partial charge on any atom is 0.0460 e. The largest absolute Gasteiger partial charge is 0.357 e. The molecule has 1 aromatic heterocycles. The van der Waals surface area contributed by atoms with E-state index in [0.29, 0.717) is 6.54 Å². The molecule has 2 aromatic rings. The van der Waals surface area contributed by atoms with E-state index < -0.39 is 0 Å². The smallest absolute Gasteiger partial charge is 0.0460 e. The first-order chi connectivity index (χ1) is 6.74. The van der Waals surface area contributed by atoms with Crippen LogP contribution in [-0.4, -0.2) is 4.98 Å². The second kappa shape index (κ2) is 3.75. The van der Waals surface area contributed by atoms with Gasteiger partial charge in [0.15, 0.2) is 0 Å². The van der Waals surface area contributed by atoms with Crippen LogP contribution in [0, 0.1) is 0 Å². The van der Waals surface area contributed by atoms with Crippen LogP contribution in [0.2, 0.25) is 0 Å². The third-order valence-electron chi connectivity index (χ3n) is 2.44. The molecule has 0 aliphatic rings. The van der Waals surface area contributed by atoms with Gasteiger partial charge in [0.25, 0.3) is 0 Å². The minimum absolute atomic E-state index is 0.563. The molecule has 0 atom stereocenters. The number of aromatic amines is 1. The standard InChI is InChI=1S/C11H13BrN2/c1-2-7-5-11-8(4-10(7)12)3-9(6-13)14-11/h3-5,14H,2,6,13H2,1H3. The Hall–Kier alpha value is -0.800. The highest BCUT2D eigenvalue weighted by Crippen LogP contribution is 2.25. The van der Waals surface area contributed by atoms with Crippen LogP contribution >= 0.6 is 15.9 Å². The van der Waals surface area contributed by atoms with E-state index in [1.54, 1.807) is 0 Å². The molecular formula is C11H13BrN2. The third-order valence-corrected chi connectivity index (χ3v) is 3.18. The average molecular weight is 253 g/mol. The first kappa shape index (κ1) is 9.74. The molecule has 0 bridgehead atoms. The molecule has 74 valence electrons. The number of nitrogens with two attached hydrogens (primary N) is 1. The molecule has 0 aliphatic heterocycles. The lowest BCUT2D eigenvalue weighted by molar-refractivity contribution is 1.02. The van der Waals surface area contributed by atoms with E-state index in [9.17, 15) is 0 Å². The normalized spacial score (nSPS) is 11.1. The van der Waals surface area contributed by atoms with Crippen molar-refractivity contribution in [3.05, 3.63) is 33.9 Å². The maximum atomic E-state index is 5.58. The summed E-state index contributed by atoms with van der Waals surface area (Å²) in [4.78, 5) is 3.30. The summed E-state index contributed by atoms with van der Waals surface area (Å²) >= 11 is 3.56. The van der Waals surface area contributed by atoms with Crippen LogP contribution in [0.1, 0.15) is 18.2 Å². The summed E-state index contributed by atoms with van der Waals surface area (Å²) in [7, 11) is 0. The number of aromatic nitrogens is 1. The fourth-order valence-electron chi connectivity index (χ4n) is 1.64. The first-order valence-electron chi connectivity index (χ1n) is 4.74. The summed E-state index contributed by atoms with van der Waals surface area (Å²) < 4.78 is 1.18. The summed E-state index contributed by atoms with van der Waals surface area (Å²) in [6, 6.07) is 6.42. The zero-order valence-electron chi connectivity index (χ0n) is 8.10. The molecule has 0 aliphatic carbocycles. The Labute approximate surface area is 91.6 Å². The van der Waals surface area contributed by atoms with Crippen molar-refractivity contribution in [1.82, 2.24) is 4.98 Å². The Morgan fingerprint density at radius 3 is 2.79 bits per heavy atom. The maximum absolute atomic E-state index is 5.58. The number of aryl methyl sites for hydroxylation is 1. The second-order valence-corrected chi connectivity index (χ2v) is 4.24. The van der Waals surface area contributed by atoms with Gasteiger partial charge in [-0.3, -0.25) is 0 Å². The fourth-order valence-corrected chi connectivity index (χ4v) is 2.28. The van der Waals surface area contributed by atoms with Gasteiger partial charge in [-0.15, -0.1) is 0 Å². The van der Waals surface area contributed by atoms with Gasteiger partial charge < -0.3 is 10.7 Å². The van der Waals surface area contributed by atoms with Gasteiger partial charge in [0, 0.05) is 27.6 Å². The number of H-pyrrole nitrogens is 1. The molecular weight excluding hydrogens is 240 g/mol. The lowest BCUT2D eigenvalue weighted by Crippen LogP contribution is -1.95. The number of hydrogen-bond acceptors (Lipinski definition) is 1. The first-order valence-corrected chi connectivity index (χ1v) is 5.54. The minimum atomic E-state index is 0.563. The van der Waals surface area contributed by atoms with Crippen LogP contribution in [0.25, 0.3) is 10.9 Å². The lowest BCUT2D eigenvalue weighted by atomic mass is 10.1. The highest BCUT2D eigenvalue weighted by atomic mass is 79.9. The summed E-state index contributed by atoms with van der Waals surface area (Å²) in [5.74, 6) is 0. The highest BCUT2D eigenvalue weighted by molar-refractivity contribution is 9.10. The van der Waals surface area contributed by atoms with E-state index in [2.05, 4.69) is 46.0 Å². The molecule has 1 aromatic carbocycles. The third kappa shape index (κ3) is 1.57. The van der Waals surface area contributed by atoms with Crippen LogP contribution in [-0.2, 0) is 13.0 Å². The highest BCUT2D eigenvalue weighted by Gasteiger charge is 2.03. The molecule has 1 heterocycles. The summed E-state index contributed by atoms with van der Waals surface area (Å²) in [5, 5.41) is 1.22.